The summed E-state index contributed by atoms with van der Waals surface area (Å²) in [5.74, 6) is 1.12. The van der Waals surface area contributed by atoms with Crippen LogP contribution in [0.3, 0.4) is 0 Å². The van der Waals surface area contributed by atoms with Crippen LogP contribution < -0.4 is 4.74 Å². The van der Waals surface area contributed by atoms with Crippen molar-refractivity contribution in [1.29, 1.82) is 0 Å². The van der Waals surface area contributed by atoms with E-state index in [1.54, 1.807) is 10.7 Å². The summed E-state index contributed by atoms with van der Waals surface area (Å²) in [6.07, 6.45) is 0.846. The number of carbonyl (C=O) groups is 1. The molecule has 0 aliphatic carbocycles. The Kier molecular flexibility index (Phi) is 6.93. The smallest absolute Gasteiger partial charge is 0.264 e. The monoisotopic (exact) mass is 465 g/mol. The van der Waals surface area contributed by atoms with Crippen molar-refractivity contribution in [2.75, 3.05) is 6.54 Å². The fraction of sp³-hybridized carbons (Fsp3) is 0.200. The minimum absolute atomic E-state index is 0.00779. The lowest BCUT2D eigenvalue weighted by atomic mass is 10.1. The summed E-state index contributed by atoms with van der Waals surface area (Å²) < 4.78 is 7.96. The van der Waals surface area contributed by atoms with Crippen LogP contribution in [0, 0.1) is 0 Å². The minimum atomic E-state index is 0.00779. The van der Waals surface area contributed by atoms with Gasteiger partial charge >= 0.3 is 0 Å². The second-order valence-electron chi connectivity index (χ2n) is 7.36. The zero-order valence-electron chi connectivity index (χ0n) is 18.0. The first-order chi connectivity index (χ1) is 15.6. The number of ether oxygens (including phenoxy) is 1. The molecule has 1 amide bonds. The highest BCUT2D eigenvalue weighted by Gasteiger charge is 2.25. The number of carbonyl (C=O) groups excluding carboxylic acids is 1. The van der Waals surface area contributed by atoms with E-state index in [-0.39, 0.29) is 5.91 Å². The Hall–Kier alpha value is -3.09. The van der Waals surface area contributed by atoms with E-state index in [4.69, 9.17) is 21.4 Å². The van der Waals surface area contributed by atoms with E-state index >= 15 is 0 Å². The van der Waals surface area contributed by atoms with E-state index in [1.165, 1.54) is 11.3 Å². The lowest BCUT2D eigenvalue weighted by Crippen LogP contribution is -2.31. The van der Waals surface area contributed by atoms with Gasteiger partial charge in [0, 0.05) is 19.2 Å². The van der Waals surface area contributed by atoms with Crippen LogP contribution in [0.2, 0.25) is 5.02 Å². The molecule has 0 saturated carbocycles. The maximum absolute atomic E-state index is 13.2. The molecule has 0 atom stereocenters. The van der Waals surface area contributed by atoms with Gasteiger partial charge in [-0.15, -0.1) is 11.3 Å². The van der Waals surface area contributed by atoms with Gasteiger partial charge in [-0.05, 0) is 30.0 Å². The summed E-state index contributed by atoms with van der Waals surface area (Å²) in [6, 6.07) is 21.0. The Morgan fingerprint density at radius 1 is 1.09 bits per heavy atom. The van der Waals surface area contributed by atoms with Crippen LogP contribution >= 0.6 is 22.9 Å². The summed E-state index contributed by atoms with van der Waals surface area (Å²) in [4.78, 5) is 15.8. The lowest BCUT2D eigenvalue weighted by molar-refractivity contribution is 0.0747. The van der Waals surface area contributed by atoms with Gasteiger partial charge in [-0.1, -0.05) is 67.1 Å². The number of hydrogen-bond donors (Lipinski definition) is 0. The topological polar surface area (TPSA) is 47.4 Å². The third-order valence-corrected chi connectivity index (χ3v) is 6.21. The first-order valence-corrected chi connectivity index (χ1v) is 11.7. The molecule has 0 spiro atoms. The van der Waals surface area contributed by atoms with Crippen molar-refractivity contribution in [3.63, 3.8) is 0 Å². The summed E-state index contributed by atoms with van der Waals surface area (Å²) in [6.45, 7) is 3.07. The van der Waals surface area contributed by atoms with Crippen LogP contribution in [-0.4, -0.2) is 27.1 Å². The fourth-order valence-electron chi connectivity index (χ4n) is 3.55. The molecule has 164 valence electrons. The molecule has 4 rings (SSSR count). The zero-order valence-corrected chi connectivity index (χ0v) is 19.6. The molecule has 0 aliphatic rings. The molecule has 0 radical (unpaired) electrons. The maximum atomic E-state index is 13.2. The highest BCUT2D eigenvalue weighted by molar-refractivity contribution is 7.12. The summed E-state index contributed by atoms with van der Waals surface area (Å²) in [5, 5.41) is 7.19. The standard InChI is InChI=1S/C25H24ClN3O2S/c1-3-15-29(24(30)22-14-9-16-32-22)17-19-23(18-10-5-4-6-11-18)27-28(2)25(19)31-21-13-8-7-12-20(21)26/h4-14,16H,3,15,17H2,1-2H3. The van der Waals surface area contributed by atoms with Gasteiger partial charge in [-0.2, -0.15) is 5.10 Å². The van der Waals surface area contributed by atoms with Crippen molar-refractivity contribution in [2.24, 2.45) is 7.05 Å². The minimum Gasteiger partial charge on any atom is -0.437 e. The number of halogens is 1. The number of para-hydroxylation sites is 1. The summed E-state index contributed by atoms with van der Waals surface area (Å²) in [5.41, 5.74) is 2.60. The molecule has 0 aliphatic heterocycles. The normalized spacial score (nSPS) is 10.8. The van der Waals surface area contributed by atoms with Crippen molar-refractivity contribution in [3.05, 3.63) is 87.6 Å². The molecule has 0 unspecified atom stereocenters. The van der Waals surface area contributed by atoms with Gasteiger partial charge in [0.2, 0.25) is 5.88 Å². The Morgan fingerprint density at radius 3 is 2.53 bits per heavy atom. The van der Waals surface area contributed by atoms with E-state index in [1.807, 2.05) is 78.0 Å². The number of nitrogens with zero attached hydrogens (tertiary/aromatic N) is 3. The second-order valence-corrected chi connectivity index (χ2v) is 8.71. The van der Waals surface area contributed by atoms with Crippen LogP contribution in [0.5, 0.6) is 11.6 Å². The van der Waals surface area contributed by atoms with E-state index in [2.05, 4.69) is 6.92 Å². The highest BCUT2D eigenvalue weighted by atomic mass is 35.5. The Bertz CT molecular complexity index is 1190. The fourth-order valence-corrected chi connectivity index (χ4v) is 4.42. The molecule has 0 N–H and O–H groups in total. The maximum Gasteiger partial charge on any atom is 0.264 e. The van der Waals surface area contributed by atoms with Crippen LogP contribution in [0.4, 0.5) is 0 Å². The quantitative estimate of drug-likeness (QED) is 0.293. The molecule has 5 nitrogen and oxygen atoms in total. The van der Waals surface area contributed by atoms with Crippen LogP contribution in [-0.2, 0) is 13.6 Å². The van der Waals surface area contributed by atoms with Crippen LogP contribution in [0.1, 0.15) is 28.6 Å². The average Bonchev–Trinajstić information content (AvgIpc) is 3.45. The molecular weight excluding hydrogens is 442 g/mol. The Labute approximate surface area is 196 Å². The summed E-state index contributed by atoms with van der Waals surface area (Å²) in [7, 11) is 1.84. The number of amides is 1. The van der Waals surface area contributed by atoms with E-state index in [0.717, 1.165) is 28.1 Å². The van der Waals surface area contributed by atoms with Gasteiger partial charge in [0.05, 0.1) is 22.0 Å². The molecular formula is C25H24ClN3O2S. The van der Waals surface area contributed by atoms with E-state index in [0.29, 0.717) is 29.7 Å². The molecule has 7 heteroatoms. The first-order valence-electron chi connectivity index (χ1n) is 10.4. The largest absolute Gasteiger partial charge is 0.437 e. The zero-order chi connectivity index (χ0) is 22.5. The number of aryl methyl sites for hydroxylation is 1. The average molecular weight is 466 g/mol. The van der Waals surface area contributed by atoms with Crippen molar-refractivity contribution < 1.29 is 9.53 Å². The number of rotatable bonds is 8. The molecule has 0 bridgehead atoms. The molecule has 32 heavy (non-hydrogen) atoms. The first kappa shape index (κ1) is 22.1. The number of benzene rings is 2. The Morgan fingerprint density at radius 2 is 1.84 bits per heavy atom. The van der Waals surface area contributed by atoms with Gasteiger partial charge in [0.15, 0.2) is 0 Å². The second kappa shape index (κ2) is 10.0. The van der Waals surface area contributed by atoms with E-state index in [9.17, 15) is 4.79 Å². The third kappa shape index (κ3) is 4.71. The van der Waals surface area contributed by atoms with Gasteiger partial charge < -0.3 is 9.64 Å². The number of aromatic nitrogens is 2. The summed E-state index contributed by atoms with van der Waals surface area (Å²) >= 11 is 7.81. The lowest BCUT2D eigenvalue weighted by Gasteiger charge is -2.22. The molecule has 2 heterocycles. The SMILES string of the molecule is CCCN(Cc1c(-c2ccccc2)nn(C)c1Oc1ccccc1Cl)C(=O)c1cccs1. The molecule has 2 aromatic carbocycles. The van der Waals surface area contributed by atoms with E-state index < -0.39 is 0 Å². The Balaban J connectivity index is 1.78. The molecule has 4 aromatic rings. The van der Waals surface area contributed by atoms with Crippen molar-refractivity contribution in [1.82, 2.24) is 14.7 Å². The number of hydrogen-bond acceptors (Lipinski definition) is 4. The van der Waals surface area contributed by atoms with Crippen molar-refractivity contribution in [3.8, 4) is 22.9 Å². The third-order valence-electron chi connectivity index (χ3n) is 5.04. The van der Waals surface area contributed by atoms with Crippen molar-refractivity contribution in [2.45, 2.75) is 19.9 Å². The van der Waals surface area contributed by atoms with Crippen LogP contribution in [0.15, 0.2) is 72.1 Å². The predicted octanol–water partition coefficient (Wildman–Crippen LogP) is 6.65. The predicted molar refractivity (Wildman–Crippen MR) is 130 cm³/mol. The molecule has 2 aromatic heterocycles. The van der Waals surface area contributed by atoms with Gasteiger partial charge in [-0.3, -0.25) is 4.79 Å². The highest BCUT2D eigenvalue weighted by Crippen LogP contribution is 2.36. The van der Waals surface area contributed by atoms with Gasteiger partial charge in [0.25, 0.3) is 5.91 Å². The van der Waals surface area contributed by atoms with Gasteiger partial charge in [0.1, 0.15) is 11.4 Å². The van der Waals surface area contributed by atoms with Crippen molar-refractivity contribution >= 4 is 28.8 Å². The number of thiophene rings is 1. The molecule has 0 fully saturated rings. The van der Waals surface area contributed by atoms with Gasteiger partial charge in [-0.25, -0.2) is 4.68 Å². The molecule has 0 saturated heterocycles. The van der Waals surface area contributed by atoms with Crippen LogP contribution in [0.25, 0.3) is 11.3 Å².